The first-order valence-electron chi connectivity index (χ1n) is 9.26. The minimum Gasteiger partial charge on any atom is -0.497 e. The molecule has 1 aromatic heterocycles. The first-order chi connectivity index (χ1) is 12.1. The first-order valence-corrected chi connectivity index (χ1v) is 9.26. The van der Waals surface area contributed by atoms with E-state index < -0.39 is 0 Å². The Hall–Kier alpha value is -1.85. The summed E-state index contributed by atoms with van der Waals surface area (Å²) < 4.78 is 5.41. The third kappa shape index (κ3) is 6.18. The normalized spacial score (nSPS) is 13.6. The van der Waals surface area contributed by atoms with Crippen molar-refractivity contribution >= 4 is 16.6 Å². The number of hydrogen-bond donors (Lipinski definition) is 3. The molecule has 2 aromatic rings. The molecule has 5 heteroatoms. The molecule has 0 saturated heterocycles. The molecule has 25 heavy (non-hydrogen) atoms. The van der Waals surface area contributed by atoms with Gasteiger partial charge in [-0.3, -0.25) is 4.98 Å². The fraction of sp³-hybridized carbons (Fsp3) is 0.550. The summed E-state index contributed by atoms with van der Waals surface area (Å²) in [5.41, 5.74) is 7.58. The van der Waals surface area contributed by atoms with Crippen molar-refractivity contribution in [2.24, 2.45) is 5.73 Å². The second kappa shape index (κ2) is 10.2. The van der Waals surface area contributed by atoms with Gasteiger partial charge < -0.3 is 21.1 Å². The molecule has 0 amide bonds. The lowest BCUT2D eigenvalue weighted by atomic mass is 10.1. The number of rotatable bonds is 11. The quantitative estimate of drug-likeness (QED) is 0.544. The molecular weight excluding hydrogens is 312 g/mol. The van der Waals surface area contributed by atoms with E-state index in [4.69, 9.17) is 10.5 Å². The Morgan fingerprint density at radius 3 is 2.72 bits per heavy atom. The third-order valence-corrected chi connectivity index (χ3v) is 4.46. The zero-order chi connectivity index (χ0) is 18.1. The molecular formula is C20H32N4O. The second-order valence-electron chi connectivity index (χ2n) is 6.72. The first kappa shape index (κ1) is 19.5. The highest BCUT2D eigenvalue weighted by molar-refractivity contribution is 5.91. The Morgan fingerprint density at radius 1 is 1.16 bits per heavy atom. The van der Waals surface area contributed by atoms with Crippen molar-refractivity contribution in [2.75, 3.05) is 25.5 Å². The minimum atomic E-state index is 0.374. The van der Waals surface area contributed by atoms with E-state index in [0.717, 1.165) is 61.1 Å². The summed E-state index contributed by atoms with van der Waals surface area (Å²) in [7, 11) is 1.70. The highest BCUT2D eigenvalue weighted by atomic mass is 16.5. The van der Waals surface area contributed by atoms with E-state index in [9.17, 15) is 0 Å². The molecule has 2 atom stereocenters. The molecule has 138 valence electrons. The summed E-state index contributed by atoms with van der Waals surface area (Å²) in [6.45, 7) is 6.25. The van der Waals surface area contributed by atoms with E-state index in [1.165, 1.54) is 0 Å². The number of nitrogens with two attached hydrogens (primary N) is 1. The van der Waals surface area contributed by atoms with E-state index in [1.807, 2.05) is 24.4 Å². The molecule has 1 aromatic carbocycles. The maximum atomic E-state index is 5.55. The smallest absolute Gasteiger partial charge is 0.121 e. The predicted octanol–water partition coefficient (Wildman–Crippen LogP) is 3.54. The van der Waals surface area contributed by atoms with E-state index in [1.54, 1.807) is 7.11 Å². The highest BCUT2D eigenvalue weighted by Crippen LogP contribution is 2.28. The van der Waals surface area contributed by atoms with Crippen LogP contribution in [0.1, 0.15) is 39.5 Å². The molecule has 0 radical (unpaired) electrons. The molecule has 4 N–H and O–H groups in total. The zero-order valence-corrected chi connectivity index (χ0v) is 15.7. The van der Waals surface area contributed by atoms with Crippen LogP contribution in [-0.2, 0) is 0 Å². The number of hydrogen-bond acceptors (Lipinski definition) is 5. The van der Waals surface area contributed by atoms with Gasteiger partial charge in [0.15, 0.2) is 0 Å². The lowest BCUT2D eigenvalue weighted by Crippen LogP contribution is -2.28. The molecule has 0 aliphatic rings. The maximum Gasteiger partial charge on any atom is 0.121 e. The number of ether oxygens (including phenoxy) is 1. The number of benzene rings is 1. The van der Waals surface area contributed by atoms with Crippen LogP contribution in [0.2, 0.25) is 0 Å². The molecule has 0 fully saturated rings. The summed E-state index contributed by atoms with van der Waals surface area (Å²) in [5.74, 6) is 0.852. The van der Waals surface area contributed by atoms with Crippen molar-refractivity contribution in [3.05, 3.63) is 30.5 Å². The SMILES string of the molecule is COc1cc(NC(C)CCCNC(C)CCCN)c2ncccc2c1. The standard InChI is InChI=1S/C20H32N4O/c1-15(7-4-10-21)22-11-5-8-16(2)24-19-14-18(25-3)13-17-9-6-12-23-20(17)19/h6,9,12-16,22,24H,4-5,7-8,10-11,21H2,1-3H3. The molecule has 0 bridgehead atoms. The van der Waals surface area contributed by atoms with Crippen LogP contribution < -0.4 is 21.1 Å². The van der Waals surface area contributed by atoms with Crippen LogP contribution in [0.25, 0.3) is 10.9 Å². The summed E-state index contributed by atoms with van der Waals surface area (Å²) in [6.07, 6.45) is 6.30. The van der Waals surface area contributed by atoms with Crippen LogP contribution in [0, 0.1) is 0 Å². The second-order valence-corrected chi connectivity index (χ2v) is 6.72. The predicted molar refractivity (Wildman–Crippen MR) is 106 cm³/mol. The summed E-state index contributed by atoms with van der Waals surface area (Å²) in [6, 6.07) is 8.97. The molecule has 0 aliphatic carbocycles. The van der Waals surface area contributed by atoms with Crippen LogP contribution in [-0.4, -0.2) is 37.3 Å². The van der Waals surface area contributed by atoms with E-state index in [-0.39, 0.29) is 0 Å². The molecule has 0 saturated carbocycles. The molecule has 1 heterocycles. The van der Waals surface area contributed by atoms with E-state index in [2.05, 4.69) is 35.5 Å². The van der Waals surface area contributed by atoms with Gasteiger partial charge in [-0.25, -0.2) is 0 Å². The van der Waals surface area contributed by atoms with Crippen molar-refractivity contribution < 1.29 is 4.74 Å². The van der Waals surface area contributed by atoms with Crippen molar-refractivity contribution in [1.82, 2.24) is 10.3 Å². The van der Waals surface area contributed by atoms with Crippen molar-refractivity contribution in [2.45, 2.75) is 51.6 Å². The largest absolute Gasteiger partial charge is 0.497 e. The fourth-order valence-corrected chi connectivity index (χ4v) is 3.01. The zero-order valence-electron chi connectivity index (χ0n) is 15.7. The van der Waals surface area contributed by atoms with Gasteiger partial charge in [-0.05, 0) is 64.8 Å². The van der Waals surface area contributed by atoms with Gasteiger partial charge in [0.05, 0.1) is 18.3 Å². The van der Waals surface area contributed by atoms with Crippen LogP contribution in [0.5, 0.6) is 5.75 Å². The van der Waals surface area contributed by atoms with Gasteiger partial charge in [-0.15, -0.1) is 0 Å². The number of pyridine rings is 1. The Kier molecular flexibility index (Phi) is 7.95. The summed E-state index contributed by atoms with van der Waals surface area (Å²) >= 11 is 0. The number of anilines is 1. The number of methoxy groups -OCH3 is 1. The fourth-order valence-electron chi connectivity index (χ4n) is 3.01. The molecule has 2 rings (SSSR count). The Bertz CT molecular complexity index is 647. The van der Waals surface area contributed by atoms with Crippen LogP contribution in [0.4, 0.5) is 5.69 Å². The van der Waals surface area contributed by atoms with Gasteiger partial charge in [0.1, 0.15) is 5.75 Å². The van der Waals surface area contributed by atoms with Crippen LogP contribution >= 0.6 is 0 Å². The topological polar surface area (TPSA) is 72.2 Å². The third-order valence-electron chi connectivity index (χ3n) is 4.46. The summed E-state index contributed by atoms with van der Waals surface area (Å²) in [5, 5.41) is 8.25. The summed E-state index contributed by atoms with van der Waals surface area (Å²) in [4.78, 5) is 4.52. The molecule has 0 spiro atoms. The van der Waals surface area contributed by atoms with Gasteiger partial charge >= 0.3 is 0 Å². The Balaban J connectivity index is 1.86. The van der Waals surface area contributed by atoms with Gasteiger partial charge in [0.2, 0.25) is 0 Å². The maximum absolute atomic E-state index is 5.55. The molecule has 5 nitrogen and oxygen atoms in total. The van der Waals surface area contributed by atoms with Crippen LogP contribution in [0.3, 0.4) is 0 Å². The highest BCUT2D eigenvalue weighted by Gasteiger charge is 2.09. The number of fused-ring (bicyclic) bond motifs is 1. The van der Waals surface area contributed by atoms with Crippen molar-refractivity contribution in [1.29, 1.82) is 0 Å². The molecule has 0 aliphatic heterocycles. The van der Waals surface area contributed by atoms with Crippen molar-refractivity contribution in [3.63, 3.8) is 0 Å². The van der Waals surface area contributed by atoms with Crippen molar-refractivity contribution in [3.8, 4) is 5.75 Å². The average molecular weight is 345 g/mol. The Morgan fingerprint density at radius 2 is 1.96 bits per heavy atom. The number of nitrogens with zero attached hydrogens (tertiary/aromatic N) is 1. The van der Waals surface area contributed by atoms with E-state index >= 15 is 0 Å². The number of nitrogens with one attached hydrogen (secondary N) is 2. The van der Waals surface area contributed by atoms with Gasteiger partial charge in [0, 0.05) is 29.7 Å². The van der Waals surface area contributed by atoms with E-state index in [0.29, 0.717) is 12.1 Å². The average Bonchev–Trinajstić information content (AvgIpc) is 2.63. The molecule has 2 unspecified atom stereocenters. The lowest BCUT2D eigenvalue weighted by molar-refractivity contribution is 0.415. The number of aromatic nitrogens is 1. The van der Waals surface area contributed by atoms with Gasteiger partial charge in [-0.2, -0.15) is 0 Å². The van der Waals surface area contributed by atoms with Crippen LogP contribution in [0.15, 0.2) is 30.5 Å². The lowest BCUT2D eigenvalue weighted by Gasteiger charge is -2.18. The van der Waals surface area contributed by atoms with Gasteiger partial charge in [-0.1, -0.05) is 6.07 Å². The monoisotopic (exact) mass is 344 g/mol. The Labute approximate surface area is 151 Å². The minimum absolute atomic E-state index is 0.374. The van der Waals surface area contributed by atoms with Gasteiger partial charge in [0.25, 0.3) is 0 Å².